The second kappa shape index (κ2) is 63.4. The number of allylic oxidation sites excluding steroid dienone is 1. The summed E-state index contributed by atoms with van der Waals surface area (Å²) in [4.78, 5) is 240. The molecule has 3 aliphatic rings. The number of amides is 14. The fraction of sp³-hybridized carbons (Fsp3) is 0.592. The zero-order chi connectivity index (χ0) is 102. The maximum Gasteiger partial charge on any atom is 0.246 e. The lowest BCUT2D eigenvalue weighted by Crippen LogP contribution is -2.61. The lowest BCUT2D eigenvalue weighted by molar-refractivity contribution is -0.143. The van der Waals surface area contributed by atoms with Crippen LogP contribution in [0.4, 0.5) is 0 Å². The van der Waals surface area contributed by atoms with Crippen molar-refractivity contribution in [2.24, 2.45) is 16.5 Å². The van der Waals surface area contributed by atoms with E-state index in [0.717, 1.165) is 60.2 Å². The maximum absolute atomic E-state index is 15.5. The van der Waals surface area contributed by atoms with Crippen molar-refractivity contribution in [2.75, 3.05) is 59.2 Å². The van der Waals surface area contributed by atoms with Gasteiger partial charge in [-0.1, -0.05) is 158 Å². The molecule has 0 aliphatic carbocycles. The van der Waals surface area contributed by atoms with Crippen LogP contribution < -0.4 is 80.6 Å². The first-order chi connectivity index (χ1) is 68.5. The SMILES string of the molecule is CCCC[C@H](NC(=O)[C@H](Cc1ccncc1)NC(=O)[C@H](CC1=CCC=N1)NC(=O)[C@H](CCC(N)=O)NC(=O)[C@H](CO)NC(=O)CNC(=O)COCCOCCNC(=O)CCCCCCCCCCCCCCCc1nnn[nH]1)C(=O)N[C@H]1CCC(=O)CCCCC[C@@H](C(C)=O)NC(=O)[C@H](Cc2c[nH]c3ccccc23)NC(=O)[C@H](CCCNC(=N)N)NC(=O)[C@@H](Cc2ccccc2)NC(=O)[C@@H]2C[C@@H](O)CN2C1=O. The Bertz CT molecular complexity index is 4970. The van der Waals surface area contributed by atoms with Crippen LogP contribution >= 0.6 is 0 Å². The van der Waals surface area contributed by atoms with Gasteiger partial charge in [-0.05, 0) is 110 Å². The number of guanidine groups is 1. The van der Waals surface area contributed by atoms with E-state index in [1.165, 1.54) is 76.9 Å². The smallest absolute Gasteiger partial charge is 0.246 e. The van der Waals surface area contributed by atoms with E-state index in [2.05, 4.69) is 105 Å². The number of ketones is 2. The first kappa shape index (κ1) is 114. The van der Waals surface area contributed by atoms with Crippen molar-refractivity contribution in [3.63, 3.8) is 0 Å². The summed E-state index contributed by atoms with van der Waals surface area (Å²) in [6.45, 7) is 1.06. The number of pyridine rings is 1. The molecule has 776 valence electrons. The van der Waals surface area contributed by atoms with Crippen molar-refractivity contribution in [3.05, 3.63) is 120 Å². The highest BCUT2D eigenvalue weighted by molar-refractivity contribution is 6.01. The molecule has 44 nitrogen and oxygen atoms in total. The van der Waals surface area contributed by atoms with Crippen LogP contribution in [0.2, 0.25) is 0 Å². The highest BCUT2D eigenvalue weighted by atomic mass is 16.5. The van der Waals surface area contributed by atoms with Crippen LogP contribution in [0.15, 0.2) is 102 Å². The number of unbranched alkanes of at least 4 members (excludes halogenated alkanes) is 13. The molecule has 0 spiro atoms. The topological polar surface area (TPSA) is 663 Å². The zero-order valence-electron chi connectivity index (χ0n) is 81.4. The number of para-hydroxylation sites is 1. The van der Waals surface area contributed by atoms with Gasteiger partial charge in [0.15, 0.2) is 11.7 Å². The minimum Gasteiger partial charge on any atom is -0.394 e. The predicted octanol–water partition coefficient (Wildman–Crippen LogP) is 1.25. The van der Waals surface area contributed by atoms with Crippen LogP contribution in [-0.2, 0) is 112 Å². The molecule has 14 amide bonds. The third-order valence-electron chi connectivity index (χ3n) is 24.7. The highest BCUT2D eigenvalue weighted by Crippen LogP contribution is 2.26. The number of hydrogen-bond acceptors (Lipinski definition) is 26. The summed E-state index contributed by atoms with van der Waals surface area (Å²) in [5.41, 5.74) is 13.8. The van der Waals surface area contributed by atoms with Gasteiger partial charge in [0, 0.05) is 132 Å². The number of nitrogens with one attached hydrogen (secondary N) is 16. The van der Waals surface area contributed by atoms with Crippen molar-refractivity contribution in [2.45, 2.75) is 311 Å². The lowest BCUT2D eigenvalue weighted by Gasteiger charge is -2.31. The van der Waals surface area contributed by atoms with E-state index in [1.807, 2.05) is 31.2 Å². The van der Waals surface area contributed by atoms with Crippen LogP contribution in [-0.4, -0.2) is 284 Å². The van der Waals surface area contributed by atoms with Gasteiger partial charge in [-0.3, -0.25) is 92.1 Å². The number of aryl methyl sites for hydroxylation is 1. The number of nitrogens with zero attached hydrogens (tertiary/aromatic N) is 6. The normalized spacial score (nSPS) is 18.9. The number of primary amides is 1. The van der Waals surface area contributed by atoms with Gasteiger partial charge < -0.3 is 110 Å². The Morgan fingerprint density at radius 2 is 1.21 bits per heavy atom. The van der Waals surface area contributed by atoms with Crippen molar-refractivity contribution in [1.82, 2.24) is 105 Å². The molecule has 44 heteroatoms. The minimum absolute atomic E-state index is 0.00725. The summed E-state index contributed by atoms with van der Waals surface area (Å²) in [6.07, 6.45) is 21.7. The Balaban J connectivity index is 0.895. The molecule has 0 radical (unpaired) electrons. The molecule has 0 unspecified atom stereocenters. The summed E-state index contributed by atoms with van der Waals surface area (Å²) >= 11 is 0. The molecule has 12 atom stereocenters. The number of ether oxygens (including phenoxy) is 2. The number of aliphatic imine (C=N–C) groups is 1. The highest BCUT2D eigenvalue weighted by Gasteiger charge is 2.44. The zero-order valence-corrected chi connectivity index (χ0v) is 81.4. The minimum atomic E-state index is -1.75. The van der Waals surface area contributed by atoms with E-state index < -0.39 is 194 Å². The Kier molecular flexibility index (Phi) is 50.9. The quantitative estimate of drug-likeness (QED) is 0.0148. The Labute approximate surface area is 826 Å². The first-order valence-electron chi connectivity index (χ1n) is 49.7. The molecule has 3 aliphatic heterocycles. The molecular weight excluding hydrogens is 1830 g/mol. The summed E-state index contributed by atoms with van der Waals surface area (Å²) in [5.74, 6) is -12.4. The number of H-pyrrole nitrogens is 2. The summed E-state index contributed by atoms with van der Waals surface area (Å²) in [5, 5.41) is 78.9. The number of benzene rings is 2. The molecule has 3 aromatic heterocycles. The Hall–Kier alpha value is -13.4. The number of carbonyl (C=O) groups is 16. The summed E-state index contributed by atoms with van der Waals surface area (Å²) in [6, 6.07) is 2.18. The molecule has 22 N–H and O–H groups in total. The average molecular weight is 1980 g/mol. The number of aliphatic hydroxyl groups excluding tert-OH is 2. The van der Waals surface area contributed by atoms with Crippen LogP contribution in [0.3, 0.4) is 0 Å². The van der Waals surface area contributed by atoms with Gasteiger partial charge in [0.2, 0.25) is 82.7 Å². The number of nitrogens with two attached hydrogens (primary N) is 2. The molecule has 142 heavy (non-hydrogen) atoms. The Morgan fingerprint density at radius 1 is 0.585 bits per heavy atom. The van der Waals surface area contributed by atoms with E-state index in [9.17, 15) is 58.2 Å². The van der Waals surface area contributed by atoms with Crippen molar-refractivity contribution < 1.29 is 96.4 Å². The van der Waals surface area contributed by atoms with E-state index in [-0.39, 0.29) is 140 Å². The number of tetrazole rings is 1. The number of aromatic amines is 2. The van der Waals surface area contributed by atoms with Crippen LogP contribution in [0.25, 0.3) is 10.9 Å². The van der Waals surface area contributed by atoms with Gasteiger partial charge in [-0.25, -0.2) is 5.10 Å². The number of rotatable bonds is 57. The molecule has 6 heterocycles. The van der Waals surface area contributed by atoms with E-state index in [1.54, 1.807) is 54.7 Å². The number of fused-ring (bicyclic) bond motifs is 2. The maximum atomic E-state index is 15.5. The van der Waals surface area contributed by atoms with Gasteiger partial charge >= 0.3 is 0 Å². The lowest BCUT2D eigenvalue weighted by atomic mass is 9.99. The van der Waals surface area contributed by atoms with E-state index in [4.69, 9.17) is 26.4 Å². The van der Waals surface area contributed by atoms with Gasteiger partial charge in [0.05, 0.1) is 45.1 Å². The molecule has 2 fully saturated rings. The summed E-state index contributed by atoms with van der Waals surface area (Å²) < 4.78 is 10.9. The number of aliphatic hydroxyl groups is 2. The monoisotopic (exact) mass is 1980 g/mol. The largest absolute Gasteiger partial charge is 0.394 e. The number of aromatic nitrogens is 6. The standard InChI is InChI=1S/C98H144N24O20/c1-3-4-33-73(88(131)113-76-40-39-68(125)31-20-17-21-34-71(63(2)124)109-93(136)79(55-66-58-106-72-35-25-24-32-70(66)72)115-89(132)74(36-27-46-105-98(100)101)111-92(135)78(53-64-28-18-16-19-29-64)117-96(139)82-57-69(126)60-122(82)97(76)140)110-91(134)77(54-65-43-47-102-48-44-65)114-94(137)80(56-67-30-26-45-103-67)116-90(133)75(41-42-83(99)127)112-95(138)81(61-123)108-86(129)59-107-87(130)62-142-52-51-141-50-49-104-85(128)38-23-15-13-11-9-7-5-6-8-10-12-14-22-37-84-118-120-121-119-84/h16,18-19,24-25,28-30,32,35,43-45,47-48,58,69,71,73-82,106,123,126H,3-15,17,20-23,26-27,31,33-34,36-42,46,49-57,59-62H2,1-2H3,(H2,99,127)(H,104,128)(H,107,130)(H,108,129)(H,109,136)(H,110,134)(H,111,135)(H,112,138)(H,113,131)(H,114,137)(H,115,132)(H,116,133)(H,117,139)(H4,100,101,105)(H,118,119,120,121)/t69-,71+,73+,74+,75+,76+,77+,78-,79+,80+,81+,82+/m1/s1. The fourth-order valence-corrected chi connectivity index (χ4v) is 16.8. The van der Waals surface area contributed by atoms with Crippen molar-refractivity contribution in [1.29, 1.82) is 5.41 Å². The third-order valence-corrected chi connectivity index (χ3v) is 24.7. The van der Waals surface area contributed by atoms with Gasteiger partial charge in [0.1, 0.15) is 78.6 Å². The first-order valence-corrected chi connectivity index (χ1v) is 49.7. The number of Topliss-reactive ketones (excluding diaryl/α,β-unsaturated/α-hetero) is 2. The van der Waals surface area contributed by atoms with E-state index in [0.29, 0.717) is 54.5 Å². The molecule has 0 bridgehead atoms. The average Bonchev–Trinajstić information content (AvgIpc) is 1.65. The van der Waals surface area contributed by atoms with Crippen LogP contribution in [0.1, 0.15) is 235 Å². The number of carbonyl (C=O) groups excluding carboxylic acids is 16. The molecule has 8 rings (SSSR count). The van der Waals surface area contributed by atoms with Crippen molar-refractivity contribution >= 4 is 117 Å². The van der Waals surface area contributed by atoms with E-state index >= 15 is 28.8 Å². The summed E-state index contributed by atoms with van der Waals surface area (Å²) in [7, 11) is 0. The second-order valence-corrected chi connectivity index (χ2v) is 36.2. The molecule has 0 saturated carbocycles. The molecule has 2 aromatic carbocycles. The third kappa shape index (κ3) is 42.2. The van der Waals surface area contributed by atoms with Gasteiger partial charge in [-0.15, -0.1) is 5.10 Å². The second-order valence-electron chi connectivity index (χ2n) is 36.2. The fourth-order valence-electron chi connectivity index (χ4n) is 16.8. The number of hydrogen-bond donors (Lipinski definition) is 20. The van der Waals surface area contributed by atoms with Gasteiger partial charge in [-0.2, -0.15) is 0 Å². The molecular formula is C98H144N24O20. The van der Waals surface area contributed by atoms with Gasteiger partial charge in [0.25, 0.3) is 0 Å². The molecule has 5 aromatic rings. The van der Waals surface area contributed by atoms with Crippen LogP contribution in [0, 0.1) is 5.41 Å². The Morgan fingerprint density at radius 3 is 1.88 bits per heavy atom. The van der Waals surface area contributed by atoms with Crippen LogP contribution in [0.5, 0.6) is 0 Å². The predicted molar refractivity (Wildman–Crippen MR) is 524 cm³/mol. The van der Waals surface area contributed by atoms with Crippen molar-refractivity contribution in [3.8, 4) is 0 Å². The molecule has 2 saturated heterocycles.